The monoisotopic (exact) mass is 312 g/mol. The first kappa shape index (κ1) is 16.7. The maximum atomic E-state index is 12.2. The molecule has 0 aliphatic carbocycles. The molecule has 1 N–H and O–H groups in total. The number of carbonyl (C=O) groups is 2. The average Bonchev–Trinajstić information content (AvgIpc) is 2.46. The lowest BCUT2D eigenvalue weighted by atomic mass is 10.2. The molecular weight excluding hydrogens is 296 g/mol. The van der Waals surface area contributed by atoms with E-state index in [4.69, 9.17) is 0 Å². The SMILES string of the molecule is C=CCN(C)C(=O)NS(=O)(=O)c1ccccc1C(=O)OC. The van der Waals surface area contributed by atoms with E-state index in [2.05, 4.69) is 11.3 Å². The maximum Gasteiger partial charge on any atom is 0.339 e. The summed E-state index contributed by atoms with van der Waals surface area (Å²) in [6, 6.07) is 4.64. The molecule has 1 rings (SSSR count). The summed E-state index contributed by atoms with van der Waals surface area (Å²) in [6.07, 6.45) is 1.45. The number of esters is 1. The highest BCUT2D eigenvalue weighted by Gasteiger charge is 2.25. The van der Waals surface area contributed by atoms with E-state index in [1.807, 2.05) is 4.72 Å². The van der Waals surface area contributed by atoms with Crippen molar-refractivity contribution in [2.24, 2.45) is 0 Å². The molecule has 7 nitrogen and oxygen atoms in total. The number of methoxy groups -OCH3 is 1. The Morgan fingerprint density at radius 2 is 2.00 bits per heavy atom. The molecule has 114 valence electrons. The zero-order chi connectivity index (χ0) is 16.0. The van der Waals surface area contributed by atoms with Crippen LogP contribution < -0.4 is 4.72 Å². The highest BCUT2D eigenvalue weighted by Crippen LogP contribution is 2.16. The molecule has 1 aromatic rings. The third-order valence-electron chi connectivity index (χ3n) is 2.55. The zero-order valence-electron chi connectivity index (χ0n) is 11.7. The van der Waals surface area contributed by atoms with Gasteiger partial charge >= 0.3 is 12.0 Å². The number of carbonyl (C=O) groups excluding carboxylic acids is 2. The molecule has 0 aliphatic rings. The number of nitrogens with zero attached hydrogens (tertiary/aromatic N) is 1. The minimum absolute atomic E-state index is 0.147. The van der Waals surface area contributed by atoms with E-state index >= 15 is 0 Å². The van der Waals surface area contributed by atoms with Gasteiger partial charge in [0.25, 0.3) is 10.0 Å². The topological polar surface area (TPSA) is 92.8 Å². The number of benzene rings is 1. The van der Waals surface area contributed by atoms with Crippen molar-refractivity contribution >= 4 is 22.0 Å². The minimum atomic E-state index is -4.18. The van der Waals surface area contributed by atoms with Crippen molar-refractivity contribution in [3.8, 4) is 0 Å². The Labute approximate surface area is 123 Å². The average molecular weight is 312 g/mol. The first-order chi connectivity index (χ1) is 9.83. The van der Waals surface area contributed by atoms with Crippen LogP contribution in [0.3, 0.4) is 0 Å². The number of likely N-dealkylation sites (N-methyl/N-ethyl adjacent to an activating group) is 1. The Kier molecular flexibility index (Phi) is 5.48. The quantitative estimate of drug-likeness (QED) is 0.646. The second-order valence-corrected chi connectivity index (χ2v) is 5.72. The van der Waals surface area contributed by atoms with Crippen LogP contribution in [0.25, 0.3) is 0 Å². The van der Waals surface area contributed by atoms with Gasteiger partial charge in [0.1, 0.15) is 4.90 Å². The van der Waals surface area contributed by atoms with Crippen molar-refractivity contribution in [2.75, 3.05) is 20.7 Å². The van der Waals surface area contributed by atoms with Crippen LogP contribution in [0, 0.1) is 0 Å². The fraction of sp³-hybridized carbons (Fsp3) is 0.231. The maximum absolute atomic E-state index is 12.2. The number of hydrogen-bond acceptors (Lipinski definition) is 5. The van der Waals surface area contributed by atoms with Crippen molar-refractivity contribution in [1.82, 2.24) is 9.62 Å². The second-order valence-electron chi connectivity index (χ2n) is 4.07. The number of ether oxygens (including phenoxy) is 1. The first-order valence-electron chi connectivity index (χ1n) is 5.89. The van der Waals surface area contributed by atoms with Gasteiger partial charge in [0.2, 0.25) is 0 Å². The Bertz CT molecular complexity index is 654. The molecule has 0 unspecified atom stereocenters. The number of rotatable bonds is 5. The van der Waals surface area contributed by atoms with Crippen LogP contribution in [0.5, 0.6) is 0 Å². The lowest BCUT2D eigenvalue weighted by molar-refractivity contribution is 0.0596. The molecule has 2 amide bonds. The molecule has 0 saturated heterocycles. The van der Waals surface area contributed by atoms with Crippen molar-refractivity contribution in [2.45, 2.75) is 4.90 Å². The molecular formula is C13H16N2O5S. The number of nitrogens with one attached hydrogen (secondary N) is 1. The number of hydrogen-bond donors (Lipinski definition) is 1. The van der Waals surface area contributed by atoms with Crippen LogP contribution in [-0.2, 0) is 14.8 Å². The predicted molar refractivity (Wildman–Crippen MR) is 76.3 cm³/mol. The molecule has 0 aromatic heterocycles. The van der Waals surface area contributed by atoms with Crippen LogP contribution in [0.15, 0.2) is 41.8 Å². The third-order valence-corrected chi connectivity index (χ3v) is 3.93. The molecule has 0 aliphatic heterocycles. The Morgan fingerprint density at radius 1 is 1.38 bits per heavy atom. The van der Waals surface area contributed by atoms with Gasteiger partial charge < -0.3 is 9.64 Å². The van der Waals surface area contributed by atoms with Gasteiger partial charge in [-0.15, -0.1) is 6.58 Å². The van der Waals surface area contributed by atoms with E-state index in [0.717, 1.165) is 12.0 Å². The van der Waals surface area contributed by atoms with Crippen LogP contribution in [-0.4, -0.2) is 46.0 Å². The van der Waals surface area contributed by atoms with E-state index < -0.39 is 22.0 Å². The molecule has 8 heteroatoms. The lowest BCUT2D eigenvalue weighted by Crippen LogP contribution is -2.41. The lowest BCUT2D eigenvalue weighted by Gasteiger charge is -2.16. The van der Waals surface area contributed by atoms with Crippen molar-refractivity contribution < 1.29 is 22.7 Å². The molecule has 21 heavy (non-hydrogen) atoms. The summed E-state index contributed by atoms with van der Waals surface area (Å²) in [5, 5.41) is 0. The van der Waals surface area contributed by atoms with E-state index in [9.17, 15) is 18.0 Å². The predicted octanol–water partition coefficient (Wildman–Crippen LogP) is 0.989. The van der Waals surface area contributed by atoms with Gasteiger partial charge in [-0.05, 0) is 12.1 Å². The zero-order valence-corrected chi connectivity index (χ0v) is 12.5. The minimum Gasteiger partial charge on any atom is -0.465 e. The number of sulfonamides is 1. The fourth-order valence-electron chi connectivity index (χ4n) is 1.50. The van der Waals surface area contributed by atoms with Gasteiger partial charge in [0, 0.05) is 13.6 Å². The Balaban J connectivity index is 3.12. The summed E-state index contributed by atoms with van der Waals surface area (Å²) < 4.78 is 30.8. The number of amides is 2. The standard InChI is InChI=1S/C13H16N2O5S/c1-4-9-15(2)13(17)14-21(18,19)11-8-6-5-7-10(11)12(16)20-3/h4-8H,1,9H2,2-3H3,(H,14,17). The van der Waals surface area contributed by atoms with Crippen LogP contribution in [0.4, 0.5) is 4.79 Å². The Hall–Kier alpha value is -2.35. The summed E-state index contributed by atoms with van der Waals surface area (Å²) in [7, 11) is -1.63. The third kappa shape index (κ3) is 4.06. The fourth-order valence-corrected chi connectivity index (χ4v) is 2.70. The normalized spacial score (nSPS) is 10.6. The second kappa shape index (κ2) is 6.89. The van der Waals surface area contributed by atoms with E-state index in [0.29, 0.717) is 0 Å². The molecule has 0 bridgehead atoms. The molecule has 0 saturated carbocycles. The van der Waals surface area contributed by atoms with E-state index in [-0.39, 0.29) is 17.0 Å². The van der Waals surface area contributed by atoms with Gasteiger partial charge in [0.05, 0.1) is 12.7 Å². The van der Waals surface area contributed by atoms with Crippen LogP contribution >= 0.6 is 0 Å². The molecule has 0 heterocycles. The van der Waals surface area contributed by atoms with Gasteiger partial charge in [-0.3, -0.25) is 0 Å². The highest BCUT2D eigenvalue weighted by atomic mass is 32.2. The van der Waals surface area contributed by atoms with Crippen LogP contribution in [0.1, 0.15) is 10.4 Å². The largest absolute Gasteiger partial charge is 0.465 e. The Morgan fingerprint density at radius 3 is 2.57 bits per heavy atom. The van der Waals surface area contributed by atoms with Gasteiger partial charge in [-0.25, -0.2) is 22.7 Å². The summed E-state index contributed by atoms with van der Waals surface area (Å²) in [6.45, 7) is 3.63. The molecule has 0 fully saturated rings. The molecule has 0 radical (unpaired) electrons. The van der Waals surface area contributed by atoms with E-state index in [1.165, 1.54) is 37.4 Å². The number of urea groups is 1. The summed E-state index contributed by atoms with van der Waals surface area (Å²) >= 11 is 0. The van der Waals surface area contributed by atoms with Crippen molar-refractivity contribution in [3.05, 3.63) is 42.5 Å². The van der Waals surface area contributed by atoms with Gasteiger partial charge in [0.15, 0.2) is 0 Å². The van der Waals surface area contributed by atoms with E-state index in [1.54, 1.807) is 0 Å². The van der Waals surface area contributed by atoms with Gasteiger partial charge in [-0.2, -0.15) is 0 Å². The molecule has 0 atom stereocenters. The summed E-state index contributed by atoms with van der Waals surface area (Å²) in [5.41, 5.74) is -0.147. The van der Waals surface area contributed by atoms with Crippen molar-refractivity contribution in [1.29, 1.82) is 0 Å². The molecule has 1 aromatic carbocycles. The molecule has 0 spiro atoms. The van der Waals surface area contributed by atoms with Crippen LogP contribution in [0.2, 0.25) is 0 Å². The summed E-state index contributed by atoms with van der Waals surface area (Å²) in [4.78, 5) is 24.1. The van der Waals surface area contributed by atoms with Gasteiger partial charge in [-0.1, -0.05) is 18.2 Å². The smallest absolute Gasteiger partial charge is 0.339 e. The summed E-state index contributed by atoms with van der Waals surface area (Å²) in [5.74, 6) is -0.803. The van der Waals surface area contributed by atoms with Crippen molar-refractivity contribution in [3.63, 3.8) is 0 Å². The first-order valence-corrected chi connectivity index (χ1v) is 7.38. The highest BCUT2D eigenvalue weighted by molar-refractivity contribution is 7.90.